The minimum Gasteiger partial charge on any atom is -0.466 e. The fourth-order valence-corrected chi connectivity index (χ4v) is 3.31. The SMILES string of the molecule is COC(=O)C1=C(C)N(c2ccc(F)cc2)C(=S)N[C@H]1c1cccc(F)c1. The Labute approximate surface area is 155 Å². The first kappa shape index (κ1) is 18.0. The van der Waals surface area contributed by atoms with E-state index in [4.69, 9.17) is 17.0 Å². The van der Waals surface area contributed by atoms with Gasteiger partial charge >= 0.3 is 5.97 Å². The first-order valence-electron chi connectivity index (χ1n) is 7.83. The Morgan fingerprint density at radius 2 is 1.85 bits per heavy atom. The highest BCUT2D eigenvalue weighted by molar-refractivity contribution is 7.80. The molecule has 3 rings (SSSR count). The molecule has 0 saturated heterocycles. The maximum atomic E-state index is 13.7. The lowest BCUT2D eigenvalue weighted by Gasteiger charge is -2.37. The molecule has 26 heavy (non-hydrogen) atoms. The van der Waals surface area contributed by atoms with E-state index in [2.05, 4.69) is 5.32 Å². The van der Waals surface area contributed by atoms with Crippen LogP contribution in [0, 0.1) is 11.6 Å². The third kappa shape index (κ3) is 3.30. The molecule has 1 heterocycles. The van der Waals surface area contributed by atoms with Crippen molar-refractivity contribution in [2.75, 3.05) is 12.0 Å². The van der Waals surface area contributed by atoms with Crippen LogP contribution in [0.2, 0.25) is 0 Å². The first-order chi connectivity index (χ1) is 12.4. The summed E-state index contributed by atoms with van der Waals surface area (Å²) >= 11 is 5.45. The standard InChI is InChI=1S/C19H16F2N2O2S/c1-11-16(18(24)25-2)17(12-4-3-5-14(21)10-12)22-19(26)23(11)15-8-6-13(20)7-9-15/h3-10,17H,1-2H3,(H,22,26)/t17-/m0/s1. The van der Waals surface area contributed by atoms with E-state index in [-0.39, 0.29) is 5.82 Å². The summed E-state index contributed by atoms with van der Waals surface area (Å²) in [6.07, 6.45) is 0. The predicted molar refractivity (Wildman–Crippen MR) is 98.5 cm³/mol. The normalized spacial score (nSPS) is 17.2. The molecule has 1 N–H and O–H groups in total. The molecule has 134 valence electrons. The predicted octanol–water partition coefficient (Wildman–Crippen LogP) is 3.85. The number of methoxy groups -OCH3 is 1. The van der Waals surface area contributed by atoms with Gasteiger partial charge < -0.3 is 10.1 Å². The molecular weight excluding hydrogens is 358 g/mol. The van der Waals surface area contributed by atoms with E-state index in [1.807, 2.05) is 0 Å². The van der Waals surface area contributed by atoms with Crippen LogP contribution in [0.1, 0.15) is 18.5 Å². The molecule has 2 aromatic rings. The highest BCUT2D eigenvalue weighted by atomic mass is 32.1. The Morgan fingerprint density at radius 1 is 1.15 bits per heavy atom. The fraction of sp³-hybridized carbons (Fsp3) is 0.158. The summed E-state index contributed by atoms with van der Waals surface area (Å²) in [7, 11) is 1.28. The van der Waals surface area contributed by atoms with Crippen LogP contribution < -0.4 is 10.2 Å². The summed E-state index contributed by atoms with van der Waals surface area (Å²) in [5.41, 5.74) is 1.98. The van der Waals surface area contributed by atoms with Gasteiger partial charge in [0.2, 0.25) is 0 Å². The van der Waals surface area contributed by atoms with Crippen LogP contribution in [0.25, 0.3) is 0 Å². The summed E-state index contributed by atoms with van der Waals surface area (Å²) in [5.74, 6) is -1.35. The van der Waals surface area contributed by atoms with E-state index in [1.54, 1.807) is 36.1 Å². The molecule has 0 unspecified atom stereocenters. The van der Waals surface area contributed by atoms with E-state index in [0.717, 1.165) is 0 Å². The van der Waals surface area contributed by atoms with E-state index in [9.17, 15) is 13.6 Å². The number of nitrogens with one attached hydrogen (secondary N) is 1. The topological polar surface area (TPSA) is 41.6 Å². The van der Waals surface area contributed by atoms with Gasteiger partial charge in [0.25, 0.3) is 0 Å². The van der Waals surface area contributed by atoms with Gasteiger partial charge in [-0.3, -0.25) is 4.90 Å². The Balaban J connectivity index is 2.13. The van der Waals surface area contributed by atoms with Crippen molar-refractivity contribution in [1.82, 2.24) is 5.32 Å². The second-order valence-corrected chi connectivity index (χ2v) is 6.13. The first-order valence-corrected chi connectivity index (χ1v) is 8.24. The number of carbonyl (C=O) groups is 1. The van der Waals surface area contributed by atoms with E-state index < -0.39 is 17.8 Å². The Bertz CT molecular complexity index is 897. The largest absolute Gasteiger partial charge is 0.466 e. The third-order valence-corrected chi connectivity index (χ3v) is 4.46. The summed E-state index contributed by atoms with van der Waals surface area (Å²) in [4.78, 5) is 14.1. The molecule has 1 aliphatic heterocycles. The molecule has 7 heteroatoms. The zero-order chi connectivity index (χ0) is 18.8. The number of rotatable bonds is 3. The van der Waals surface area contributed by atoms with Gasteiger partial charge in [-0.25, -0.2) is 13.6 Å². The third-order valence-electron chi connectivity index (χ3n) is 4.16. The lowest BCUT2D eigenvalue weighted by atomic mass is 9.94. The Kier molecular flexibility index (Phi) is 4.99. The molecule has 2 aromatic carbocycles. The smallest absolute Gasteiger partial charge is 0.337 e. The number of carbonyl (C=O) groups excluding carboxylic acids is 1. The summed E-state index contributed by atoms with van der Waals surface area (Å²) in [6.45, 7) is 1.72. The summed E-state index contributed by atoms with van der Waals surface area (Å²) in [6, 6.07) is 11.0. The van der Waals surface area contributed by atoms with Crippen LogP contribution in [0.4, 0.5) is 14.5 Å². The quantitative estimate of drug-likeness (QED) is 0.653. The number of esters is 1. The average Bonchev–Trinajstić information content (AvgIpc) is 2.62. The molecule has 4 nitrogen and oxygen atoms in total. The molecule has 0 aromatic heterocycles. The van der Waals surface area contributed by atoms with E-state index in [1.165, 1.54) is 31.4 Å². The minimum absolute atomic E-state index is 0.302. The van der Waals surface area contributed by atoms with Crippen LogP contribution in [-0.2, 0) is 9.53 Å². The number of nitrogens with zero attached hydrogens (tertiary/aromatic N) is 1. The number of hydrogen-bond acceptors (Lipinski definition) is 3. The molecular formula is C19H16F2N2O2S. The lowest BCUT2D eigenvalue weighted by Crippen LogP contribution is -2.48. The molecule has 1 aliphatic rings. The molecule has 0 amide bonds. The zero-order valence-electron chi connectivity index (χ0n) is 14.1. The molecule has 0 aliphatic carbocycles. The van der Waals surface area contributed by atoms with Crippen molar-refractivity contribution in [1.29, 1.82) is 0 Å². The van der Waals surface area contributed by atoms with Crippen molar-refractivity contribution < 1.29 is 18.3 Å². The van der Waals surface area contributed by atoms with Crippen molar-refractivity contribution in [3.8, 4) is 0 Å². The van der Waals surface area contributed by atoms with Crippen LogP contribution >= 0.6 is 12.2 Å². The second-order valence-electron chi connectivity index (χ2n) is 5.74. The van der Waals surface area contributed by atoms with Crippen molar-refractivity contribution in [3.63, 3.8) is 0 Å². The van der Waals surface area contributed by atoms with Gasteiger partial charge in [-0.05, 0) is 61.1 Å². The molecule has 1 atom stereocenters. The van der Waals surface area contributed by atoms with Gasteiger partial charge in [0, 0.05) is 11.4 Å². The van der Waals surface area contributed by atoms with Crippen molar-refractivity contribution >= 4 is 29.0 Å². The number of benzene rings is 2. The van der Waals surface area contributed by atoms with Gasteiger partial charge in [0.1, 0.15) is 11.6 Å². The fourth-order valence-electron chi connectivity index (χ4n) is 2.95. The van der Waals surface area contributed by atoms with E-state index >= 15 is 0 Å². The number of halogens is 2. The van der Waals surface area contributed by atoms with Gasteiger partial charge in [-0.1, -0.05) is 12.1 Å². The number of ether oxygens (including phenoxy) is 1. The Hall–Kier alpha value is -2.80. The minimum atomic E-state index is -0.651. The molecule has 0 spiro atoms. The molecule has 0 saturated carbocycles. The number of anilines is 1. The van der Waals surface area contributed by atoms with Crippen LogP contribution in [0.3, 0.4) is 0 Å². The number of hydrogen-bond donors (Lipinski definition) is 1. The van der Waals surface area contributed by atoms with Gasteiger partial charge in [0.15, 0.2) is 5.11 Å². The lowest BCUT2D eigenvalue weighted by molar-refractivity contribution is -0.136. The van der Waals surface area contributed by atoms with Crippen LogP contribution in [0.5, 0.6) is 0 Å². The molecule has 0 fully saturated rings. The van der Waals surface area contributed by atoms with Gasteiger partial charge in [-0.2, -0.15) is 0 Å². The van der Waals surface area contributed by atoms with E-state index in [0.29, 0.717) is 27.6 Å². The number of allylic oxidation sites excluding steroid dienone is 1. The average molecular weight is 374 g/mol. The van der Waals surface area contributed by atoms with Crippen LogP contribution in [-0.4, -0.2) is 18.2 Å². The second kappa shape index (κ2) is 7.21. The Morgan fingerprint density at radius 3 is 2.46 bits per heavy atom. The summed E-state index contributed by atoms with van der Waals surface area (Å²) in [5, 5.41) is 3.37. The highest BCUT2D eigenvalue weighted by Gasteiger charge is 2.35. The molecule has 0 bridgehead atoms. The maximum absolute atomic E-state index is 13.7. The van der Waals surface area contributed by atoms with Crippen molar-refractivity contribution in [2.24, 2.45) is 0 Å². The number of thiocarbonyl (C=S) groups is 1. The summed E-state index contributed by atoms with van der Waals surface area (Å²) < 4.78 is 31.8. The zero-order valence-corrected chi connectivity index (χ0v) is 14.9. The monoisotopic (exact) mass is 374 g/mol. The maximum Gasteiger partial charge on any atom is 0.337 e. The van der Waals surface area contributed by atoms with Gasteiger partial charge in [0.05, 0.1) is 18.7 Å². The van der Waals surface area contributed by atoms with Gasteiger partial charge in [-0.15, -0.1) is 0 Å². The van der Waals surface area contributed by atoms with Crippen molar-refractivity contribution in [2.45, 2.75) is 13.0 Å². The van der Waals surface area contributed by atoms with Crippen molar-refractivity contribution in [3.05, 3.63) is 77.0 Å². The highest BCUT2D eigenvalue weighted by Crippen LogP contribution is 2.34. The molecule has 0 radical (unpaired) electrons. The van der Waals surface area contributed by atoms with Crippen LogP contribution in [0.15, 0.2) is 59.8 Å².